The topological polar surface area (TPSA) is 79.4 Å². The predicted molar refractivity (Wildman–Crippen MR) is 90.7 cm³/mol. The highest BCUT2D eigenvalue weighted by atomic mass is 32.2. The lowest BCUT2D eigenvalue weighted by molar-refractivity contribution is -0.116. The van der Waals surface area contributed by atoms with Crippen LogP contribution in [0.3, 0.4) is 0 Å². The largest absolute Gasteiger partial charge is 0.325 e. The van der Waals surface area contributed by atoms with Crippen LogP contribution in [0.4, 0.5) is 15.8 Å². The Kier molecular flexibility index (Phi) is 5.86. The van der Waals surface area contributed by atoms with Crippen molar-refractivity contribution >= 4 is 27.3 Å². The summed E-state index contributed by atoms with van der Waals surface area (Å²) in [5, 5.41) is 2.68. The third-order valence-electron chi connectivity index (χ3n) is 3.23. The van der Waals surface area contributed by atoms with E-state index >= 15 is 0 Å². The van der Waals surface area contributed by atoms with Crippen LogP contribution in [0.2, 0.25) is 0 Å². The second-order valence-electron chi connectivity index (χ2n) is 5.20. The average molecular weight is 351 g/mol. The van der Waals surface area contributed by atoms with Gasteiger partial charge in [0, 0.05) is 19.2 Å². The maximum atomic E-state index is 13.0. The van der Waals surface area contributed by atoms with E-state index in [-0.39, 0.29) is 18.9 Å². The number of aromatic nitrogens is 1. The Morgan fingerprint density at radius 2 is 1.96 bits per heavy atom. The first-order valence-electron chi connectivity index (χ1n) is 7.29. The molecule has 0 saturated carbocycles. The smallest absolute Gasteiger partial charge is 0.232 e. The zero-order chi connectivity index (χ0) is 17.6. The molecule has 1 aromatic carbocycles. The van der Waals surface area contributed by atoms with Gasteiger partial charge < -0.3 is 5.32 Å². The van der Waals surface area contributed by atoms with Crippen LogP contribution >= 0.6 is 0 Å². The molecule has 0 spiro atoms. The summed E-state index contributed by atoms with van der Waals surface area (Å²) in [6, 6.07) is 8.60. The van der Waals surface area contributed by atoms with Gasteiger partial charge in [0.15, 0.2) is 0 Å². The Morgan fingerprint density at radius 1 is 1.25 bits per heavy atom. The number of carbonyl (C=O) groups is 1. The molecule has 6 nitrogen and oxygen atoms in total. The van der Waals surface area contributed by atoms with Crippen molar-refractivity contribution in [3.05, 3.63) is 54.6 Å². The number of hydrogen-bond acceptors (Lipinski definition) is 4. The van der Waals surface area contributed by atoms with E-state index in [1.165, 1.54) is 30.5 Å². The summed E-state index contributed by atoms with van der Waals surface area (Å²) in [5.41, 5.74) is 0.951. The van der Waals surface area contributed by atoms with Gasteiger partial charge in [-0.05, 0) is 42.8 Å². The van der Waals surface area contributed by atoms with Crippen LogP contribution in [0.5, 0.6) is 0 Å². The highest BCUT2D eigenvalue weighted by Crippen LogP contribution is 2.18. The standard InChI is InChI=1S/C16H18FN3O3S/c1-24(22,23)20(15-8-6-13(17)7-9-15)11-3-5-16(21)19-14-4-2-10-18-12-14/h2,4,6-10,12H,3,5,11H2,1H3,(H,19,21). The number of sulfonamides is 1. The predicted octanol–water partition coefficient (Wildman–Crippen LogP) is 2.41. The van der Waals surface area contributed by atoms with E-state index in [1.54, 1.807) is 18.3 Å². The molecule has 0 fully saturated rings. The van der Waals surface area contributed by atoms with E-state index < -0.39 is 15.8 Å². The Labute approximate surface area is 140 Å². The van der Waals surface area contributed by atoms with Crippen molar-refractivity contribution in [2.24, 2.45) is 0 Å². The third kappa shape index (κ3) is 5.31. The van der Waals surface area contributed by atoms with Crippen LogP contribution in [0.1, 0.15) is 12.8 Å². The fourth-order valence-corrected chi connectivity index (χ4v) is 3.10. The number of carbonyl (C=O) groups excluding carboxylic acids is 1. The van der Waals surface area contributed by atoms with Crippen molar-refractivity contribution < 1.29 is 17.6 Å². The number of nitrogens with zero attached hydrogens (tertiary/aromatic N) is 2. The van der Waals surface area contributed by atoms with Crippen LogP contribution < -0.4 is 9.62 Å². The number of rotatable bonds is 7. The summed E-state index contributed by atoms with van der Waals surface area (Å²) in [7, 11) is -3.52. The fourth-order valence-electron chi connectivity index (χ4n) is 2.14. The van der Waals surface area contributed by atoms with Gasteiger partial charge >= 0.3 is 0 Å². The van der Waals surface area contributed by atoms with Crippen LogP contribution in [0.25, 0.3) is 0 Å². The maximum absolute atomic E-state index is 13.0. The van der Waals surface area contributed by atoms with Gasteiger partial charge in [-0.25, -0.2) is 12.8 Å². The average Bonchev–Trinajstić information content (AvgIpc) is 2.52. The van der Waals surface area contributed by atoms with E-state index in [0.717, 1.165) is 10.6 Å². The molecule has 0 aliphatic carbocycles. The summed E-state index contributed by atoms with van der Waals surface area (Å²) >= 11 is 0. The van der Waals surface area contributed by atoms with Gasteiger partial charge in [-0.3, -0.25) is 14.1 Å². The lowest BCUT2D eigenvalue weighted by atomic mass is 10.2. The van der Waals surface area contributed by atoms with Crippen molar-refractivity contribution in [2.75, 3.05) is 22.4 Å². The molecule has 24 heavy (non-hydrogen) atoms. The molecular weight excluding hydrogens is 333 g/mol. The molecule has 1 amide bonds. The number of anilines is 2. The number of benzene rings is 1. The minimum atomic E-state index is -3.52. The van der Waals surface area contributed by atoms with E-state index in [4.69, 9.17) is 0 Å². The van der Waals surface area contributed by atoms with Gasteiger partial charge in [0.1, 0.15) is 5.82 Å². The van der Waals surface area contributed by atoms with Crippen LogP contribution in [0.15, 0.2) is 48.8 Å². The fraction of sp³-hybridized carbons (Fsp3) is 0.250. The molecule has 8 heteroatoms. The van der Waals surface area contributed by atoms with Crippen molar-refractivity contribution in [1.82, 2.24) is 4.98 Å². The molecule has 0 bridgehead atoms. The van der Waals surface area contributed by atoms with Crippen molar-refractivity contribution in [1.29, 1.82) is 0 Å². The van der Waals surface area contributed by atoms with E-state index in [0.29, 0.717) is 17.8 Å². The molecule has 0 radical (unpaired) electrons. The lowest BCUT2D eigenvalue weighted by Gasteiger charge is -2.22. The molecule has 1 aromatic heterocycles. The van der Waals surface area contributed by atoms with E-state index in [9.17, 15) is 17.6 Å². The van der Waals surface area contributed by atoms with Crippen LogP contribution in [-0.2, 0) is 14.8 Å². The molecule has 128 valence electrons. The first-order valence-corrected chi connectivity index (χ1v) is 9.14. The third-order valence-corrected chi connectivity index (χ3v) is 4.42. The van der Waals surface area contributed by atoms with Crippen molar-refractivity contribution in [3.8, 4) is 0 Å². The Bertz CT molecular complexity index is 780. The van der Waals surface area contributed by atoms with E-state index in [1.807, 2.05) is 0 Å². The Hall–Kier alpha value is -2.48. The number of hydrogen-bond donors (Lipinski definition) is 1. The lowest BCUT2D eigenvalue weighted by Crippen LogP contribution is -2.31. The molecule has 2 aromatic rings. The van der Waals surface area contributed by atoms with E-state index in [2.05, 4.69) is 10.3 Å². The summed E-state index contributed by atoms with van der Waals surface area (Å²) in [6.07, 6.45) is 4.69. The van der Waals surface area contributed by atoms with Gasteiger partial charge in [-0.15, -0.1) is 0 Å². The van der Waals surface area contributed by atoms with Gasteiger partial charge in [0.25, 0.3) is 0 Å². The zero-order valence-corrected chi connectivity index (χ0v) is 14.0. The molecule has 0 aliphatic rings. The SMILES string of the molecule is CS(=O)(=O)N(CCCC(=O)Nc1cccnc1)c1ccc(F)cc1. The Balaban J connectivity index is 1.94. The molecule has 1 heterocycles. The van der Waals surface area contributed by atoms with Gasteiger partial charge in [-0.2, -0.15) is 0 Å². The second kappa shape index (κ2) is 7.87. The monoisotopic (exact) mass is 351 g/mol. The second-order valence-corrected chi connectivity index (χ2v) is 7.11. The van der Waals surface area contributed by atoms with Gasteiger partial charge in [-0.1, -0.05) is 0 Å². The highest BCUT2D eigenvalue weighted by molar-refractivity contribution is 7.92. The molecule has 1 N–H and O–H groups in total. The molecule has 0 saturated heterocycles. The number of pyridine rings is 1. The molecule has 2 rings (SSSR count). The summed E-state index contributed by atoms with van der Waals surface area (Å²) in [4.78, 5) is 15.8. The van der Waals surface area contributed by atoms with Crippen LogP contribution in [0, 0.1) is 5.82 Å². The zero-order valence-electron chi connectivity index (χ0n) is 13.1. The normalized spacial score (nSPS) is 11.1. The highest BCUT2D eigenvalue weighted by Gasteiger charge is 2.17. The Morgan fingerprint density at radius 3 is 2.54 bits per heavy atom. The van der Waals surface area contributed by atoms with Crippen LogP contribution in [-0.4, -0.2) is 32.1 Å². The summed E-state index contributed by atoms with van der Waals surface area (Å²) in [5.74, 6) is -0.668. The molecular formula is C16H18FN3O3S. The van der Waals surface area contributed by atoms with Crippen molar-refractivity contribution in [2.45, 2.75) is 12.8 Å². The molecule has 0 aliphatic heterocycles. The molecule has 0 unspecified atom stereocenters. The quantitative estimate of drug-likeness (QED) is 0.831. The first-order chi connectivity index (χ1) is 11.4. The van der Waals surface area contributed by atoms with Gasteiger partial charge in [0.2, 0.25) is 15.9 Å². The number of amides is 1. The minimum absolute atomic E-state index is 0.130. The minimum Gasteiger partial charge on any atom is -0.325 e. The first kappa shape index (κ1) is 17.9. The van der Waals surface area contributed by atoms with Gasteiger partial charge in [0.05, 0.1) is 23.8 Å². The number of nitrogens with one attached hydrogen (secondary N) is 1. The van der Waals surface area contributed by atoms with Crippen molar-refractivity contribution in [3.63, 3.8) is 0 Å². The molecule has 0 atom stereocenters. The number of halogens is 1. The maximum Gasteiger partial charge on any atom is 0.232 e. The summed E-state index contributed by atoms with van der Waals surface area (Å²) < 4.78 is 38.0. The summed E-state index contributed by atoms with van der Waals surface area (Å²) in [6.45, 7) is 0.130.